The molecule has 4 nitrogen and oxygen atoms in total. The molecule has 2 unspecified atom stereocenters. The van der Waals surface area contributed by atoms with Crippen LogP contribution in [0, 0.1) is 0 Å². The first-order valence-electron chi connectivity index (χ1n) is 10.1. The minimum Gasteiger partial charge on any atom is -0.393 e. The van der Waals surface area contributed by atoms with Crippen LogP contribution in [-0.2, 0) is 10.1 Å². The van der Waals surface area contributed by atoms with Crippen LogP contribution in [0.4, 0.5) is 0 Å². The van der Waals surface area contributed by atoms with Crippen molar-refractivity contribution in [1.82, 2.24) is 0 Å². The van der Waals surface area contributed by atoms with Gasteiger partial charge in [-0.3, -0.25) is 4.55 Å². The van der Waals surface area contributed by atoms with Gasteiger partial charge in [-0.2, -0.15) is 8.42 Å². The van der Waals surface area contributed by atoms with Crippen molar-refractivity contribution < 1.29 is 18.1 Å². The molecular weight excluding hydrogens is 324 g/mol. The molecule has 0 aromatic rings. The summed E-state index contributed by atoms with van der Waals surface area (Å²) in [6.07, 6.45) is 14.5. The molecule has 5 heteroatoms. The van der Waals surface area contributed by atoms with Crippen molar-refractivity contribution in [2.45, 2.75) is 122 Å². The van der Waals surface area contributed by atoms with Crippen LogP contribution in [-0.4, -0.2) is 29.4 Å². The quantitative estimate of drug-likeness (QED) is 0.264. The molecule has 2 N–H and O–H groups in total. The van der Waals surface area contributed by atoms with Gasteiger partial charge in [0.15, 0.2) is 0 Å². The number of aliphatic hydroxyl groups is 1. The molecule has 0 radical (unpaired) electrons. The van der Waals surface area contributed by atoms with E-state index >= 15 is 0 Å². The van der Waals surface area contributed by atoms with Crippen LogP contribution in [0.25, 0.3) is 0 Å². The Morgan fingerprint density at radius 3 is 1.58 bits per heavy atom. The predicted molar refractivity (Wildman–Crippen MR) is 102 cm³/mol. The summed E-state index contributed by atoms with van der Waals surface area (Å²) < 4.78 is 31.9. The zero-order valence-electron chi connectivity index (χ0n) is 15.9. The second-order valence-electron chi connectivity index (χ2n) is 7.13. The summed E-state index contributed by atoms with van der Waals surface area (Å²) in [6, 6.07) is 0. The maximum Gasteiger partial charge on any atom is 0.267 e. The van der Waals surface area contributed by atoms with E-state index in [1.165, 1.54) is 19.3 Å². The molecule has 146 valence electrons. The fourth-order valence-corrected chi connectivity index (χ4v) is 4.04. The van der Waals surface area contributed by atoms with Crippen LogP contribution in [0.3, 0.4) is 0 Å². The van der Waals surface area contributed by atoms with Crippen molar-refractivity contribution in [3.05, 3.63) is 0 Å². The second kappa shape index (κ2) is 15.2. The van der Waals surface area contributed by atoms with Gasteiger partial charge >= 0.3 is 0 Å². The van der Waals surface area contributed by atoms with Crippen LogP contribution < -0.4 is 0 Å². The summed E-state index contributed by atoms with van der Waals surface area (Å²) in [4.78, 5) is 0. The van der Waals surface area contributed by atoms with E-state index in [1.807, 2.05) is 6.92 Å². The Labute approximate surface area is 150 Å². The summed E-state index contributed by atoms with van der Waals surface area (Å²) >= 11 is 0. The predicted octanol–water partition coefficient (Wildman–Crippen LogP) is 5.50. The number of hydrogen-bond acceptors (Lipinski definition) is 3. The molecule has 0 amide bonds. The third-order valence-corrected chi connectivity index (χ3v) is 6.07. The van der Waals surface area contributed by atoms with Crippen molar-refractivity contribution in [3.8, 4) is 0 Å². The highest BCUT2D eigenvalue weighted by atomic mass is 32.2. The number of unbranched alkanes of at least 4 members (excludes halogenated alkanes) is 8. The molecule has 2 atom stereocenters. The summed E-state index contributed by atoms with van der Waals surface area (Å²) in [5.41, 5.74) is 0. The second-order valence-corrected chi connectivity index (χ2v) is 8.82. The fourth-order valence-electron chi connectivity index (χ4n) is 3.11. The van der Waals surface area contributed by atoms with Crippen molar-refractivity contribution in [1.29, 1.82) is 0 Å². The Kier molecular flexibility index (Phi) is 15.1. The molecular formula is C19H40O4S. The van der Waals surface area contributed by atoms with Gasteiger partial charge in [0.1, 0.15) is 0 Å². The molecule has 0 aromatic carbocycles. The van der Waals surface area contributed by atoms with Crippen molar-refractivity contribution in [2.24, 2.45) is 0 Å². The lowest BCUT2D eigenvalue weighted by Gasteiger charge is -2.13. The van der Waals surface area contributed by atoms with Gasteiger partial charge in [-0.25, -0.2) is 0 Å². The lowest BCUT2D eigenvalue weighted by atomic mass is 10.0. The van der Waals surface area contributed by atoms with Crippen LogP contribution >= 0.6 is 0 Å². The Morgan fingerprint density at radius 1 is 0.667 bits per heavy atom. The monoisotopic (exact) mass is 364 g/mol. The molecule has 0 spiro atoms. The van der Waals surface area contributed by atoms with E-state index in [0.29, 0.717) is 12.8 Å². The topological polar surface area (TPSA) is 74.6 Å². The molecule has 0 saturated carbocycles. The maximum atomic E-state index is 11.3. The summed E-state index contributed by atoms with van der Waals surface area (Å²) in [6.45, 7) is 4.22. The summed E-state index contributed by atoms with van der Waals surface area (Å²) in [7, 11) is -3.89. The van der Waals surface area contributed by atoms with Crippen molar-refractivity contribution >= 4 is 10.1 Å². The number of rotatable bonds is 17. The van der Waals surface area contributed by atoms with E-state index in [0.717, 1.165) is 64.2 Å². The molecule has 0 aliphatic heterocycles. The number of aliphatic hydroxyl groups excluding tert-OH is 1. The highest BCUT2D eigenvalue weighted by Gasteiger charge is 2.21. The van der Waals surface area contributed by atoms with Crippen LogP contribution in [0.2, 0.25) is 0 Å². The largest absolute Gasteiger partial charge is 0.393 e. The van der Waals surface area contributed by atoms with Crippen molar-refractivity contribution in [2.75, 3.05) is 0 Å². The van der Waals surface area contributed by atoms with Gasteiger partial charge in [0.05, 0.1) is 11.4 Å². The van der Waals surface area contributed by atoms with Gasteiger partial charge in [0.2, 0.25) is 0 Å². The van der Waals surface area contributed by atoms with Gasteiger partial charge in [-0.05, 0) is 25.7 Å². The molecule has 0 aliphatic rings. The average molecular weight is 365 g/mol. The first-order valence-corrected chi connectivity index (χ1v) is 11.6. The molecule has 0 saturated heterocycles. The first kappa shape index (κ1) is 23.9. The van der Waals surface area contributed by atoms with E-state index < -0.39 is 15.4 Å². The third kappa shape index (κ3) is 14.2. The highest BCUT2D eigenvalue weighted by Crippen LogP contribution is 2.18. The minimum absolute atomic E-state index is 0.153. The lowest BCUT2D eigenvalue weighted by molar-refractivity contribution is 0.147. The maximum absolute atomic E-state index is 11.3. The normalized spacial score (nSPS) is 14.7. The molecule has 24 heavy (non-hydrogen) atoms. The Hall–Kier alpha value is -0.130. The Bertz CT molecular complexity index is 368. The van der Waals surface area contributed by atoms with Gasteiger partial charge < -0.3 is 5.11 Å². The van der Waals surface area contributed by atoms with E-state index in [9.17, 15) is 18.1 Å². The standard InChI is InChI=1S/C19H40O4S/c1-3-5-7-11-14-18(20)15-12-9-8-10-13-17-19(16-6-4-2)24(21,22)23/h18-20H,3-17H2,1-2H3,(H,21,22,23). The van der Waals surface area contributed by atoms with E-state index in [-0.39, 0.29) is 6.10 Å². The molecule has 0 aliphatic carbocycles. The average Bonchev–Trinajstić information content (AvgIpc) is 2.52. The van der Waals surface area contributed by atoms with Gasteiger partial charge in [-0.15, -0.1) is 0 Å². The highest BCUT2D eigenvalue weighted by molar-refractivity contribution is 7.86. The van der Waals surface area contributed by atoms with E-state index in [2.05, 4.69) is 6.92 Å². The fraction of sp³-hybridized carbons (Fsp3) is 1.00. The minimum atomic E-state index is -3.89. The SMILES string of the molecule is CCCCCCC(O)CCCCCCCC(CCCC)S(=O)(=O)O. The number of hydrogen-bond donors (Lipinski definition) is 2. The summed E-state index contributed by atoms with van der Waals surface area (Å²) in [5, 5.41) is 9.32. The molecule has 0 heterocycles. The zero-order chi connectivity index (χ0) is 18.3. The first-order chi connectivity index (χ1) is 11.4. The van der Waals surface area contributed by atoms with Crippen LogP contribution in [0.15, 0.2) is 0 Å². The van der Waals surface area contributed by atoms with Gasteiger partial charge in [0, 0.05) is 0 Å². The Morgan fingerprint density at radius 2 is 1.08 bits per heavy atom. The van der Waals surface area contributed by atoms with Crippen LogP contribution in [0.5, 0.6) is 0 Å². The van der Waals surface area contributed by atoms with E-state index in [4.69, 9.17) is 0 Å². The van der Waals surface area contributed by atoms with Crippen LogP contribution in [0.1, 0.15) is 110 Å². The van der Waals surface area contributed by atoms with Crippen molar-refractivity contribution in [3.63, 3.8) is 0 Å². The molecule has 0 aromatic heterocycles. The molecule has 0 rings (SSSR count). The molecule has 0 bridgehead atoms. The third-order valence-electron chi connectivity index (χ3n) is 4.76. The Balaban J connectivity index is 3.60. The molecule has 0 fully saturated rings. The smallest absolute Gasteiger partial charge is 0.267 e. The summed E-state index contributed by atoms with van der Waals surface area (Å²) in [5.74, 6) is 0. The zero-order valence-corrected chi connectivity index (χ0v) is 16.7. The van der Waals surface area contributed by atoms with Gasteiger partial charge in [0.25, 0.3) is 10.1 Å². The van der Waals surface area contributed by atoms with E-state index in [1.54, 1.807) is 0 Å². The lowest BCUT2D eigenvalue weighted by Crippen LogP contribution is -2.20. The van der Waals surface area contributed by atoms with Gasteiger partial charge in [-0.1, -0.05) is 84.5 Å².